The Balaban J connectivity index is 1.70. The van der Waals surface area contributed by atoms with Crippen LogP contribution >= 0.6 is 0 Å². The Morgan fingerprint density at radius 2 is 2.07 bits per heavy atom. The van der Waals surface area contributed by atoms with Crippen LogP contribution in [0, 0.1) is 6.92 Å². The van der Waals surface area contributed by atoms with Crippen molar-refractivity contribution in [1.82, 2.24) is 9.88 Å². The van der Waals surface area contributed by atoms with Gasteiger partial charge in [0.25, 0.3) is 0 Å². The van der Waals surface area contributed by atoms with Crippen LogP contribution in [0.4, 0.5) is 0 Å². The van der Waals surface area contributed by atoms with Gasteiger partial charge in [-0.15, -0.1) is 0 Å². The van der Waals surface area contributed by atoms with Crippen LogP contribution in [-0.2, 0) is 17.8 Å². The molecule has 2 heterocycles. The molecule has 1 aliphatic heterocycles. The number of methoxy groups -OCH3 is 1. The van der Waals surface area contributed by atoms with Gasteiger partial charge in [-0.1, -0.05) is 24.3 Å². The summed E-state index contributed by atoms with van der Waals surface area (Å²) in [4.78, 5) is 12.3. The number of aromatic nitrogens is 1. The van der Waals surface area contributed by atoms with Crippen LogP contribution < -0.4 is 10.1 Å². The van der Waals surface area contributed by atoms with Gasteiger partial charge in [0.1, 0.15) is 11.4 Å². The zero-order valence-electron chi connectivity index (χ0n) is 17.5. The summed E-state index contributed by atoms with van der Waals surface area (Å²) in [6.07, 6.45) is 2.36. The van der Waals surface area contributed by atoms with Crippen molar-refractivity contribution in [1.29, 1.82) is 0 Å². The molecule has 0 amide bonds. The first-order chi connectivity index (χ1) is 14.6. The largest absolute Gasteiger partial charge is 0.497 e. The Bertz CT molecular complexity index is 1030. The van der Waals surface area contributed by atoms with Gasteiger partial charge >= 0.3 is 5.97 Å². The maximum atomic E-state index is 12.3. The number of aryl methyl sites for hydroxylation is 1. The third-order valence-electron chi connectivity index (χ3n) is 5.73. The lowest BCUT2D eigenvalue weighted by Crippen LogP contribution is -2.26. The van der Waals surface area contributed by atoms with Gasteiger partial charge < -0.3 is 24.5 Å². The Morgan fingerprint density at radius 3 is 2.73 bits per heavy atom. The number of hydrogen-bond donors (Lipinski definition) is 2. The van der Waals surface area contributed by atoms with E-state index in [1.807, 2.05) is 47.9 Å². The number of carbonyl (C=O) groups is 1. The Labute approximate surface area is 176 Å². The first-order valence-corrected chi connectivity index (χ1v) is 10.4. The summed E-state index contributed by atoms with van der Waals surface area (Å²) in [6.45, 7) is 4.55. The highest BCUT2D eigenvalue weighted by atomic mass is 16.5. The van der Waals surface area contributed by atoms with E-state index in [1.165, 1.54) is 0 Å². The van der Waals surface area contributed by atoms with Crippen LogP contribution in [0.2, 0.25) is 0 Å². The van der Waals surface area contributed by atoms with Gasteiger partial charge in [0.2, 0.25) is 0 Å². The van der Waals surface area contributed by atoms with E-state index in [-0.39, 0.29) is 6.10 Å². The second-order valence-electron chi connectivity index (χ2n) is 7.85. The summed E-state index contributed by atoms with van der Waals surface area (Å²) in [5.74, 6) is -0.129. The molecule has 1 aliphatic rings. The first-order valence-electron chi connectivity index (χ1n) is 10.4. The molecule has 0 spiro atoms. The molecular weight excluding hydrogens is 380 g/mol. The van der Waals surface area contributed by atoms with E-state index in [2.05, 4.69) is 11.4 Å². The van der Waals surface area contributed by atoms with Crippen molar-refractivity contribution in [2.75, 3.05) is 20.3 Å². The lowest BCUT2D eigenvalue weighted by atomic mass is 10.1. The Kier molecular flexibility index (Phi) is 6.06. The number of benzene rings is 2. The molecule has 4 rings (SSSR count). The number of fused-ring (bicyclic) bond motifs is 1. The van der Waals surface area contributed by atoms with Crippen molar-refractivity contribution in [3.63, 3.8) is 0 Å². The molecule has 0 radical (unpaired) electrons. The van der Waals surface area contributed by atoms with Crippen LogP contribution in [0.1, 0.15) is 40.0 Å². The fourth-order valence-electron chi connectivity index (χ4n) is 4.20. The molecule has 2 N–H and O–H groups in total. The number of carboxylic acids is 1. The molecule has 0 saturated carbocycles. The summed E-state index contributed by atoms with van der Waals surface area (Å²) in [5.41, 5.74) is 4.23. The third kappa shape index (κ3) is 4.20. The van der Waals surface area contributed by atoms with E-state index >= 15 is 0 Å². The Hall–Kier alpha value is -2.83. The average molecular weight is 408 g/mol. The molecule has 0 aliphatic carbocycles. The minimum atomic E-state index is -0.911. The van der Waals surface area contributed by atoms with Gasteiger partial charge in [-0.25, -0.2) is 4.79 Å². The Morgan fingerprint density at radius 1 is 1.27 bits per heavy atom. The van der Waals surface area contributed by atoms with Crippen molar-refractivity contribution >= 4 is 16.9 Å². The predicted molar refractivity (Wildman–Crippen MR) is 116 cm³/mol. The maximum absolute atomic E-state index is 12.3. The number of rotatable bonds is 8. The van der Waals surface area contributed by atoms with E-state index in [0.29, 0.717) is 18.8 Å². The topological polar surface area (TPSA) is 72.7 Å². The quantitative estimate of drug-likeness (QED) is 0.590. The molecule has 2 aromatic carbocycles. The van der Waals surface area contributed by atoms with Crippen LogP contribution in [0.15, 0.2) is 42.5 Å². The molecule has 1 atom stereocenters. The number of hydrogen-bond acceptors (Lipinski definition) is 4. The van der Waals surface area contributed by atoms with E-state index in [1.54, 1.807) is 7.11 Å². The highest BCUT2D eigenvalue weighted by Gasteiger charge is 2.23. The molecule has 6 nitrogen and oxygen atoms in total. The summed E-state index contributed by atoms with van der Waals surface area (Å²) in [7, 11) is 1.63. The van der Waals surface area contributed by atoms with Crippen LogP contribution in [0.5, 0.6) is 5.75 Å². The zero-order valence-corrected chi connectivity index (χ0v) is 17.5. The van der Waals surface area contributed by atoms with E-state index < -0.39 is 5.97 Å². The first kappa shape index (κ1) is 20.4. The standard InChI is InChI=1S/C24H28N2O4/c1-16-5-10-20-21(14-25-13-19-4-3-11-30-19)23(24(27)28)26(22(20)12-16)15-17-6-8-18(29-2)9-7-17/h5-10,12,19,25H,3-4,11,13-15H2,1-2H3,(H,27,28)/t19-/m0/s1. The van der Waals surface area contributed by atoms with E-state index in [9.17, 15) is 9.90 Å². The highest BCUT2D eigenvalue weighted by Crippen LogP contribution is 2.29. The normalized spacial score (nSPS) is 16.3. The van der Waals surface area contributed by atoms with Crippen LogP contribution in [-0.4, -0.2) is 42.0 Å². The molecule has 0 unspecified atom stereocenters. The monoisotopic (exact) mass is 408 g/mol. The molecule has 158 valence electrons. The molecular formula is C24H28N2O4. The van der Waals surface area contributed by atoms with Crippen molar-refractivity contribution in [2.45, 2.75) is 39.0 Å². The smallest absolute Gasteiger partial charge is 0.352 e. The minimum Gasteiger partial charge on any atom is -0.497 e. The lowest BCUT2D eigenvalue weighted by molar-refractivity contribution is 0.0684. The summed E-state index contributed by atoms with van der Waals surface area (Å²) in [5, 5.41) is 14.5. The molecule has 1 aromatic heterocycles. The fourth-order valence-corrected chi connectivity index (χ4v) is 4.20. The number of carboxylic acid groups (broad SMARTS) is 1. The number of nitrogens with one attached hydrogen (secondary N) is 1. The maximum Gasteiger partial charge on any atom is 0.352 e. The van der Waals surface area contributed by atoms with Crippen LogP contribution in [0.25, 0.3) is 10.9 Å². The SMILES string of the molecule is COc1ccc(Cn2c(C(=O)O)c(CNC[C@@H]3CCCO3)c3ccc(C)cc32)cc1. The second-order valence-corrected chi connectivity index (χ2v) is 7.85. The number of ether oxygens (including phenoxy) is 2. The minimum absolute atomic E-state index is 0.216. The lowest BCUT2D eigenvalue weighted by Gasteiger charge is -2.12. The van der Waals surface area contributed by atoms with Gasteiger partial charge in [0.05, 0.1) is 13.2 Å². The molecule has 0 bridgehead atoms. The molecule has 6 heteroatoms. The highest BCUT2D eigenvalue weighted by molar-refractivity contribution is 5.98. The van der Waals surface area contributed by atoms with Crippen LogP contribution in [0.3, 0.4) is 0 Å². The van der Waals surface area contributed by atoms with Gasteiger partial charge in [-0.05, 0) is 49.1 Å². The molecule has 1 saturated heterocycles. The van der Waals surface area contributed by atoms with Crippen molar-refractivity contribution < 1.29 is 19.4 Å². The van der Waals surface area contributed by atoms with E-state index in [4.69, 9.17) is 9.47 Å². The third-order valence-corrected chi connectivity index (χ3v) is 5.73. The number of aromatic carboxylic acids is 1. The van der Waals surface area contributed by atoms with Gasteiger partial charge in [-0.2, -0.15) is 0 Å². The van der Waals surface area contributed by atoms with E-state index in [0.717, 1.165) is 59.3 Å². The van der Waals surface area contributed by atoms with Gasteiger partial charge in [0.15, 0.2) is 0 Å². The molecule has 30 heavy (non-hydrogen) atoms. The van der Waals surface area contributed by atoms with Crippen molar-refractivity contribution in [2.24, 2.45) is 0 Å². The average Bonchev–Trinajstić information content (AvgIpc) is 3.35. The number of nitrogens with zero attached hydrogens (tertiary/aromatic N) is 1. The summed E-state index contributed by atoms with van der Waals surface area (Å²) < 4.78 is 12.8. The second kappa shape index (κ2) is 8.90. The fraction of sp³-hybridized carbons (Fsp3) is 0.375. The summed E-state index contributed by atoms with van der Waals surface area (Å²) in [6, 6.07) is 13.9. The summed E-state index contributed by atoms with van der Waals surface area (Å²) >= 11 is 0. The predicted octanol–water partition coefficient (Wildman–Crippen LogP) is 3.97. The molecule has 1 fully saturated rings. The molecule has 3 aromatic rings. The van der Waals surface area contributed by atoms with Gasteiger partial charge in [0, 0.05) is 42.7 Å². The van der Waals surface area contributed by atoms with Crippen molar-refractivity contribution in [3.8, 4) is 5.75 Å². The van der Waals surface area contributed by atoms with Gasteiger partial charge in [-0.3, -0.25) is 0 Å². The zero-order chi connectivity index (χ0) is 21.1. The van der Waals surface area contributed by atoms with Crippen molar-refractivity contribution in [3.05, 3.63) is 64.8 Å².